The van der Waals surface area contributed by atoms with Crippen molar-refractivity contribution in [1.29, 1.82) is 0 Å². The van der Waals surface area contributed by atoms with Gasteiger partial charge in [0, 0.05) is 31.4 Å². The lowest BCUT2D eigenvalue weighted by molar-refractivity contribution is 0.303. The van der Waals surface area contributed by atoms with Crippen LogP contribution in [0.1, 0.15) is 24.9 Å². The molecule has 2 unspecified atom stereocenters. The molecule has 1 saturated heterocycles. The first kappa shape index (κ1) is 23.7. The molecule has 2 N–H and O–H groups in total. The lowest BCUT2D eigenvalue weighted by Crippen LogP contribution is -2.45. The number of anilines is 1. The molecular weight excluding hydrogens is 402 g/mol. The second kappa shape index (κ2) is 11.6. The van der Waals surface area contributed by atoms with Crippen LogP contribution in [0.4, 0.5) is 5.69 Å². The van der Waals surface area contributed by atoms with Crippen LogP contribution in [0, 0.1) is 0 Å². The highest BCUT2D eigenvalue weighted by Gasteiger charge is 2.24. The van der Waals surface area contributed by atoms with E-state index in [0.29, 0.717) is 12.6 Å². The van der Waals surface area contributed by atoms with Crippen molar-refractivity contribution in [2.45, 2.75) is 25.4 Å². The minimum atomic E-state index is 0.120. The number of methoxy groups -OCH3 is 2. The summed E-state index contributed by atoms with van der Waals surface area (Å²) in [5.41, 5.74) is 2.42. The number of hydrogen-bond acceptors (Lipinski definition) is 5. The molecule has 0 aliphatic carbocycles. The molecule has 7 nitrogen and oxygen atoms in total. The highest BCUT2D eigenvalue weighted by molar-refractivity contribution is 5.80. The maximum atomic E-state index is 5.50. The van der Waals surface area contributed by atoms with E-state index >= 15 is 0 Å². The van der Waals surface area contributed by atoms with Crippen LogP contribution in [0.5, 0.6) is 11.5 Å². The van der Waals surface area contributed by atoms with Gasteiger partial charge in [0.25, 0.3) is 0 Å². The summed E-state index contributed by atoms with van der Waals surface area (Å²) >= 11 is 0. The van der Waals surface area contributed by atoms with Crippen molar-refractivity contribution in [3.63, 3.8) is 0 Å². The van der Waals surface area contributed by atoms with Gasteiger partial charge in [0.05, 0.1) is 26.8 Å². The first-order chi connectivity index (χ1) is 15.5. The fourth-order valence-electron chi connectivity index (χ4n) is 4.07. The van der Waals surface area contributed by atoms with E-state index in [2.05, 4.69) is 77.9 Å². The molecule has 2 aromatic carbocycles. The van der Waals surface area contributed by atoms with E-state index in [4.69, 9.17) is 14.5 Å². The lowest BCUT2D eigenvalue weighted by Gasteiger charge is -2.25. The van der Waals surface area contributed by atoms with E-state index in [0.717, 1.165) is 49.1 Å². The summed E-state index contributed by atoms with van der Waals surface area (Å²) in [5.74, 6) is 2.33. The van der Waals surface area contributed by atoms with Crippen molar-refractivity contribution in [2.24, 2.45) is 4.99 Å². The fraction of sp³-hybridized carbons (Fsp3) is 0.480. The predicted molar refractivity (Wildman–Crippen MR) is 132 cm³/mol. The smallest absolute Gasteiger partial charge is 0.191 e. The van der Waals surface area contributed by atoms with Gasteiger partial charge in [0.15, 0.2) is 17.5 Å². The highest BCUT2D eigenvalue weighted by atomic mass is 16.5. The first-order valence-corrected chi connectivity index (χ1v) is 11.3. The number of hydrogen-bond donors (Lipinski definition) is 2. The van der Waals surface area contributed by atoms with Crippen LogP contribution in [-0.4, -0.2) is 71.4 Å². The lowest BCUT2D eigenvalue weighted by atomic mass is 10.1. The van der Waals surface area contributed by atoms with Crippen LogP contribution in [0.15, 0.2) is 53.5 Å². The maximum Gasteiger partial charge on any atom is 0.191 e. The quantitative estimate of drug-likeness (QED) is 0.462. The van der Waals surface area contributed by atoms with Crippen LogP contribution in [-0.2, 0) is 0 Å². The number of rotatable bonds is 9. The SMILES string of the molecule is CCNC(=NCC(c1ccc(OC)c(OC)c1)N(C)C)NC1CCN(c2ccccc2)C1. The molecule has 0 spiro atoms. The van der Waals surface area contributed by atoms with Gasteiger partial charge in [-0.2, -0.15) is 0 Å². The number of nitrogens with zero attached hydrogens (tertiary/aromatic N) is 3. The van der Waals surface area contributed by atoms with E-state index < -0.39 is 0 Å². The number of para-hydroxylation sites is 1. The van der Waals surface area contributed by atoms with Gasteiger partial charge in [-0.3, -0.25) is 4.99 Å². The van der Waals surface area contributed by atoms with E-state index in [1.807, 2.05) is 12.1 Å². The van der Waals surface area contributed by atoms with Crippen LogP contribution in [0.3, 0.4) is 0 Å². The summed E-state index contributed by atoms with van der Waals surface area (Å²) in [6.45, 7) is 5.57. The Hall–Kier alpha value is -2.93. The summed E-state index contributed by atoms with van der Waals surface area (Å²) in [4.78, 5) is 9.54. The van der Waals surface area contributed by atoms with Gasteiger partial charge >= 0.3 is 0 Å². The molecule has 32 heavy (non-hydrogen) atoms. The Morgan fingerprint density at radius 3 is 2.53 bits per heavy atom. The van der Waals surface area contributed by atoms with Crippen molar-refractivity contribution >= 4 is 11.6 Å². The average Bonchev–Trinajstić information content (AvgIpc) is 3.28. The Morgan fingerprint density at radius 1 is 1.12 bits per heavy atom. The Balaban J connectivity index is 1.69. The monoisotopic (exact) mass is 439 g/mol. The number of benzene rings is 2. The van der Waals surface area contributed by atoms with Gasteiger partial charge in [-0.1, -0.05) is 24.3 Å². The predicted octanol–water partition coefficient (Wildman–Crippen LogP) is 3.14. The van der Waals surface area contributed by atoms with Crippen molar-refractivity contribution in [2.75, 3.05) is 59.4 Å². The molecule has 2 aromatic rings. The highest BCUT2D eigenvalue weighted by Crippen LogP contribution is 2.31. The van der Waals surface area contributed by atoms with Crippen molar-refractivity contribution in [1.82, 2.24) is 15.5 Å². The molecule has 1 heterocycles. The number of aliphatic imine (C=N–C) groups is 1. The largest absolute Gasteiger partial charge is 0.493 e. The Bertz CT molecular complexity index is 872. The molecule has 0 saturated carbocycles. The molecule has 1 aliphatic heterocycles. The molecule has 2 atom stereocenters. The third kappa shape index (κ3) is 6.07. The molecule has 174 valence electrons. The van der Waals surface area contributed by atoms with Crippen LogP contribution < -0.4 is 25.0 Å². The van der Waals surface area contributed by atoms with E-state index in [-0.39, 0.29) is 6.04 Å². The third-order valence-corrected chi connectivity index (χ3v) is 5.83. The van der Waals surface area contributed by atoms with Crippen LogP contribution >= 0.6 is 0 Å². The molecule has 0 aromatic heterocycles. The molecule has 1 aliphatic rings. The molecule has 0 bridgehead atoms. The minimum absolute atomic E-state index is 0.120. The topological polar surface area (TPSA) is 61.4 Å². The van der Waals surface area contributed by atoms with Gasteiger partial charge in [0.2, 0.25) is 0 Å². The normalized spacial score (nSPS) is 17.4. The molecule has 7 heteroatoms. The van der Waals surface area contributed by atoms with E-state index in [9.17, 15) is 0 Å². The zero-order valence-corrected chi connectivity index (χ0v) is 20.0. The molecule has 3 rings (SSSR count). The maximum absolute atomic E-state index is 5.50. The van der Waals surface area contributed by atoms with Gasteiger partial charge in [-0.25, -0.2) is 0 Å². The zero-order valence-electron chi connectivity index (χ0n) is 20.0. The molecule has 0 radical (unpaired) electrons. The fourth-order valence-corrected chi connectivity index (χ4v) is 4.07. The summed E-state index contributed by atoms with van der Waals surface area (Å²) in [6.07, 6.45) is 1.09. The molecule has 0 amide bonds. The van der Waals surface area contributed by atoms with Crippen molar-refractivity contribution in [3.05, 3.63) is 54.1 Å². The summed E-state index contributed by atoms with van der Waals surface area (Å²) < 4.78 is 10.9. The second-order valence-corrected chi connectivity index (χ2v) is 8.22. The number of likely N-dealkylation sites (N-methyl/N-ethyl adjacent to an activating group) is 1. The number of guanidine groups is 1. The van der Waals surface area contributed by atoms with E-state index in [1.54, 1.807) is 14.2 Å². The first-order valence-electron chi connectivity index (χ1n) is 11.3. The standard InChI is InChI=1S/C25H37N5O2/c1-6-26-25(28-20-14-15-30(18-20)21-10-8-7-9-11-21)27-17-22(29(2)3)19-12-13-23(31-4)24(16-19)32-5/h7-13,16,20,22H,6,14-15,17-18H2,1-5H3,(H2,26,27,28). The number of nitrogens with one attached hydrogen (secondary N) is 2. The average molecular weight is 440 g/mol. The summed E-state index contributed by atoms with van der Waals surface area (Å²) in [5, 5.41) is 7.04. The van der Waals surface area contributed by atoms with Gasteiger partial charge < -0.3 is 29.9 Å². The van der Waals surface area contributed by atoms with Gasteiger partial charge in [-0.05, 0) is 57.3 Å². The summed E-state index contributed by atoms with van der Waals surface area (Å²) in [7, 11) is 7.47. The third-order valence-electron chi connectivity index (χ3n) is 5.83. The zero-order chi connectivity index (χ0) is 22.9. The van der Waals surface area contributed by atoms with Gasteiger partial charge in [0.1, 0.15) is 0 Å². The molecular formula is C25H37N5O2. The Labute approximate surface area is 192 Å². The van der Waals surface area contributed by atoms with Crippen molar-refractivity contribution in [3.8, 4) is 11.5 Å². The second-order valence-electron chi connectivity index (χ2n) is 8.22. The van der Waals surface area contributed by atoms with Crippen molar-refractivity contribution < 1.29 is 9.47 Å². The minimum Gasteiger partial charge on any atom is -0.493 e. The Kier molecular flexibility index (Phi) is 8.62. The Morgan fingerprint density at radius 2 is 1.88 bits per heavy atom. The van der Waals surface area contributed by atoms with E-state index in [1.165, 1.54) is 5.69 Å². The number of ether oxygens (including phenoxy) is 2. The van der Waals surface area contributed by atoms with Gasteiger partial charge in [-0.15, -0.1) is 0 Å². The van der Waals surface area contributed by atoms with Crippen LogP contribution in [0.2, 0.25) is 0 Å². The summed E-state index contributed by atoms with van der Waals surface area (Å²) in [6, 6.07) is 17.2. The molecule has 1 fully saturated rings. The van der Waals surface area contributed by atoms with Crippen LogP contribution in [0.25, 0.3) is 0 Å².